The largest absolute Gasteiger partial charge is 0.420 e. The van der Waals surface area contributed by atoms with Gasteiger partial charge in [-0.2, -0.15) is 5.10 Å². The molecule has 7 nitrogen and oxygen atoms in total. The van der Waals surface area contributed by atoms with E-state index in [0.29, 0.717) is 29.4 Å². The van der Waals surface area contributed by atoms with E-state index in [-0.39, 0.29) is 11.8 Å². The van der Waals surface area contributed by atoms with Crippen LogP contribution in [0.1, 0.15) is 80.2 Å². The summed E-state index contributed by atoms with van der Waals surface area (Å²) in [6.07, 6.45) is 7.30. The Balaban J connectivity index is 1.47. The number of nitrogens with zero attached hydrogens (tertiary/aromatic N) is 5. The van der Waals surface area contributed by atoms with Crippen molar-refractivity contribution in [3.05, 3.63) is 47.5 Å². The van der Waals surface area contributed by atoms with Crippen molar-refractivity contribution in [2.45, 2.75) is 71.3 Å². The molecule has 0 unspecified atom stereocenters. The summed E-state index contributed by atoms with van der Waals surface area (Å²) in [7, 11) is 0. The van der Waals surface area contributed by atoms with Gasteiger partial charge < -0.3 is 9.32 Å². The third kappa shape index (κ3) is 3.85. The molecule has 1 aliphatic heterocycles. The summed E-state index contributed by atoms with van der Waals surface area (Å²) in [5.41, 5.74) is 3.28. The standard InChI is InChI=1S/C25H31N5O2/c1-16(2)23-15-21(24-27-26-17(3)32-24)28-30(23)20-11-6-9-19(14-20)25(31)29-13-7-10-18-8-4-5-12-22(18)29/h6,9,11,14-16,18,22H,4-5,7-8,10,12-13H2,1-3H3/t18-,22-/m0/s1. The summed E-state index contributed by atoms with van der Waals surface area (Å²) in [5.74, 6) is 1.98. The Kier molecular flexibility index (Phi) is 5.57. The molecule has 168 valence electrons. The van der Waals surface area contributed by atoms with E-state index >= 15 is 0 Å². The van der Waals surface area contributed by atoms with E-state index in [2.05, 4.69) is 28.9 Å². The van der Waals surface area contributed by atoms with Gasteiger partial charge in [-0.1, -0.05) is 32.8 Å². The number of rotatable bonds is 4. The average molecular weight is 434 g/mol. The number of likely N-dealkylation sites (tertiary alicyclic amines) is 1. The predicted octanol–water partition coefficient (Wildman–Crippen LogP) is 5.15. The van der Waals surface area contributed by atoms with E-state index < -0.39 is 0 Å². The van der Waals surface area contributed by atoms with Gasteiger partial charge in [0.05, 0.1) is 5.69 Å². The maximum absolute atomic E-state index is 13.5. The molecule has 32 heavy (non-hydrogen) atoms. The molecule has 2 atom stereocenters. The Morgan fingerprint density at radius 3 is 2.69 bits per heavy atom. The van der Waals surface area contributed by atoms with Crippen LogP contribution in [0.3, 0.4) is 0 Å². The van der Waals surface area contributed by atoms with E-state index in [1.807, 2.05) is 35.0 Å². The molecule has 0 spiro atoms. The molecule has 0 bridgehead atoms. The van der Waals surface area contributed by atoms with Crippen LogP contribution in [0.25, 0.3) is 17.3 Å². The number of carbonyl (C=O) groups is 1. The lowest BCUT2D eigenvalue weighted by atomic mass is 9.78. The van der Waals surface area contributed by atoms with Crippen molar-refractivity contribution in [3.63, 3.8) is 0 Å². The van der Waals surface area contributed by atoms with Gasteiger partial charge in [-0.25, -0.2) is 4.68 Å². The van der Waals surface area contributed by atoms with Gasteiger partial charge in [0.1, 0.15) is 5.69 Å². The summed E-state index contributed by atoms with van der Waals surface area (Å²) in [6.45, 7) is 6.89. The summed E-state index contributed by atoms with van der Waals surface area (Å²) < 4.78 is 7.48. The van der Waals surface area contributed by atoms with Gasteiger partial charge in [0, 0.05) is 30.8 Å². The van der Waals surface area contributed by atoms with Gasteiger partial charge in [-0.05, 0) is 61.8 Å². The second-order valence-corrected chi connectivity index (χ2v) is 9.45. The highest BCUT2D eigenvalue weighted by molar-refractivity contribution is 5.95. The number of piperidine rings is 1. The number of benzene rings is 1. The lowest BCUT2D eigenvalue weighted by Crippen LogP contribution is -2.49. The van der Waals surface area contributed by atoms with E-state index in [1.165, 1.54) is 25.7 Å². The summed E-state index contributed by atoms with van der Waals surface area (Å²) in [4.78, 5) is 15.7. The van der Waals surface area contributed by atoms with Crippen molar-refractivity contribution in [1.29, 1.82) is 0 Å². The van der Waals surface area contributed by atoms with Crippen molar-refractivity contribution in [2.75, 3.05) is 6.54 Å². The van der Waals surface area contributed by atoms with E-state index in [0.717, 1.165) is 36.3 Å². The molecule has 2 aliphatic rings. The Morgan fingerprint density at radius 1 is 1.09 bits per heavy atom. The van der Waals surface area contributed by atoms with Crippen LogP contribution in [0.2, 0.25) is 0 Å². The minimum Gasteiger partial charge on any atom is -0.420 e. The van der Waals surface area contributed by atoms with Gasteiger partial charge >= 0.3 is 0 Å². The lowest BCUT2D eigenvalue weighted by molar-refractivity contribution is 0.0390. The van der Waals surface area contributed by atoms with Crippen LogP contribution in [-0.2, 0) is 0 Å². The highest BCUT2D eigenvalue weighted by atomic mass is 16.4. The van der Waals surface area contributed by atoms with Gasteiger partial charge in [0.2, 0.25) is 5.89 Å². The normalized spacial score (nSPS) is 21.1. The van der Waals surface area contributed by atoms with E-state index in [1.54, 1.807) is 6.92 Å². The fourth-order valence-electron chi connectivity index (χ4n) is 5.33. The molecule has 0 N–H and O–H groups in total. The summed E-state index contributed by atoms with van der Waals surface area (Å²) >= 11 is 0. The van der Waals surface area contributed by atoms with E-state index in [9.17, 15) is 4.79 Å². The molecule has 1 saturated heterocycles. The van der Waals surface area contributed by atoms with Gasteiger partial charge in [0.15, 0.2) is 0 Å². The first-order valence-electron chi connectivity index (χ1n) is 11.8. The number of hydrogen-bond donors (Lipinski definition) is 0. The maximum atomic E-state index is 13.5. The number of aryl methyl sites for hydroxylation is 1. The van der Waals surface area contributed by atoms with Gasteiger partial charge in [0.25, 0.3) is 11.8 Å². The topological polar surface area (TPSA) is 77.1 Å². The molecular formula is C25H31N5O2. The van der Waals surface area contributed by atoms with Crippen molar-refractivity contribution in [2.24, 2.45) is 5.92 Å². The minimum absolute atomic E-state index is 0.148. The van der Waals surface area contributed by atoms with Crippen molar-refractivity contribution < 1.29 is 9.21 Å². The molecule has 1 saturated carbocycles. The highest BCUT2D eigenvalue weighted by Gasteiger charge is 2.36. The smallest absolute Gasteiger partial charge is 0.268 e. The third-order valence-corrected chi connectivity index (χ3v) is 6.92. The average Bonchev–Trinajstić information content (AvgIpc) is 3.45. The SMILES string of the molecule is Cc1nnc(-c2cc(C(C)C)n(-c3cccc(C(=O)N4CCC[C@@H]5CCCC[C@@H]54)c3)n2)o1. The minimum atomic E-state index is 0.148. The Labute approximate surface area is 188 Å². The molecule has 1 amide bonds. The van der Waals surface area contributed by atoms with Gasteiger partial charge in [-0.15, -0.1) is 10.2 Å². The zero-order valence-corrected chi connectivity index (χ0v) is 19.1. The van der Waals surface area contributed by atoms with Crippen LogP contribution in [0.5, 0.6) is 0 Å². The Morgan fingerprint density at radius 2 is 1.91 bits per heavy atom. The fourth-order valence-corrected chi connectivity index (χ4v) is 5.33. The summed E-state index contributed by atoms with van der Waals surface area (Å²) in [6, 6.07) is 10.2. The van der Waals surface area contributed by atoms with Crippen molar-refractivity contribution >= 4 is 5.91 Å². The van der Waals surface area contributed by atoms with Crippen LogP contribution >= 0.6 is 0 Å². The zero-order chi connectivity index (χ0) is 22.2. The Bertz CT molecular complexity index is 1110. The molecule has 3 heterocycles. The second kappa shape index (κ2) is 8.52. The fraction of sp³-hybridized carbons (Fsp3) is 0.520. The molecule has 2 aromatic heterocycles. The van der Waals surface area contributed by atoms with Crippen LogP contribution in [0.4, 0.5) is 0 Å². The number of amides is 1. The molecule has 5 rings (SSSR count). The van der Waals surface area contributed by atoms with Gasteiger partial charge in [-0.3, -0.25) is 4.79 Å². The van der Waals surface area contributed by atoms with Crippen molar-refractivity contribution in [3.8, 4) is 17.3 Å². The lowest BCUT2D eigenvalue weighted by Gasteiger charge is -2.44. The number of hydrogen-bond acceptors (Lipinski definition) is 5. The summed E-state index contributed by atoms with van der Waals surface area (Å²) in [5, 5.41) is 12.8. The quantitative estimate of drug-likeness (QED) is 0.569. The molecule has 1 aromatic carbocycles. The molecular weight excluding hydrogens is 402 g/mol. The maximum Gasteiger partial charge on any atom is 0.268 e. The zero-order valence-electron chi connectivity index (χ0n) is 19.1. The number of fused-ring (bicyclic) bond motifs is 1. The predicted molar refractivity (Wildman–Crippen MR) is 122 cm³/mol. The van der Waals surface area contributed by atoms with Crippen LogP contribution in [0, 0.1) is 12.8 Å². The van der Waals surface area contributed by atoms with Crippen LogP contribution in [-0.4, -0.2) is 43.4 Å². The van der Waals surface area contributed by atoms with Crippen molar-refractivity contribution in [1.82, 2.24) is 24.9 Å². The number of aromatic nitrogens is 4. The molecule has 3 aromatic rings. The van der Waals surface area contributed by atoms with Crippen LogP contribution in [0.15, 0.2) is 34.7 Å². The van der Waals surface area contributed by atoms with E-state index in [4.69, 9.17) is 9.52 Å². The molecule has 2 fully saturated rings. The second-order valence-electron chi connectivity index (χ2n) is 9.45. The number of carbonyl (C=O) groups excluding carboxylic acids is 1. The molecule has 7 heteroatoms. The third-order valence-electron chi connectivity index (χ3n) is 6.92. The monoisotopic (exact) mass is 433 g/mol. The Hall–Kier alpha value is -2.96. The molecule has 0 radical (unpaired) electrons. The first kappa shape index (κ1) is 20.9. The first-order chi connectivity index (χ1) is 15.5. The first-order valence-corrected chi connectivity index (χ1v) is 11.8. The highest BCUT2D eigenvalue weighted by Crippen LogP contribution is 2.36. The molecule has 1 aliphatic carbocycles. The van der Waals surface area contributed by atoms with Crippen LogP contribution < -0.4 is 0 Å².